The molecule has 0 aliphatic heterocycles. The average Bonchev–Trinajstić information content (AvgIpc) is 2.75. The van der Waals surface area contributed by atoms with E-state index in [1.807, 2.05) is 6.07 Å². The van der Waals surface area contributed by atoms with E-state index >= 15 is 0 Å². The third-order valence-corrected chi connectivity index (χ3v) is 3.64. The number of hydrogen-bond donors (Lipinski definition) is 1. The lowest BCUT2D eigenvalue weighted by Crippen LogP contribution is -2.26. The van der Waals surface area contributed by atoms with Crippen molar-refractivity contribution < 1.29 is 19.4 Å². The Kier molecular flexibility index (Phi) is 3.88. The molecular weight excluding hydrogens is 244 g/mol. The van der Waals surface area contributed by atoms with Crippen molar-refractivity contribution in [3.63, 3.8) is 0 Å². The standard InChI is InChI=1S/C15H18O4/c1-3-19-15(18)14-11(5-7-13(14)17)10-4-6-12(16)9(2)8-10/h4,6,8,11,14,16H,3,5,7H2,1-2H3/t11-,14-/m1/s1. The van der Waals surface area contributed by atoms with Gasteiger partial charge in [0.05, 0.1) is 6.61 Å². The number of phenolic OH excluding ortho intramolecular Hbond substituents is 1. The van der Waals surface area contributed by atoms with Gasteiger partial charge in [0, 0.05) is 12.3 Å². The molecule has 2 rings (SSSR count). The van der Waals surface area contributed by atoms with Crippen molar-refractivity contribution in [1.82, 2.24) is 0 Å². The predicted molar refractivity (Wildman–Crippen MR) is 69.9 cm³/mol. The number of ketones is 1. The molecule has 0 aromatic heterocycles. The molecule has 0 heterocycles. The number of aromatic hydroxyl groups is 1. The van der Waals surface area contributed by atoms with Gasteiger partial charge in [-0.25, -0.2) is 0 Å². The smallest absolute Gasteiger partial charge is 0.317 e. The molecule has 1 saturated carbocycles. The third kappa shape index (κ3) is 2.62. The summed E-state index contributed by atoms with van der Waals surface area (Å²) in [6.45, 7) is 3.82. The van der Waals surface area contributed by atoms with E-state index in [2.05, 4.69) is 0 Å². The fourth-order valence-corrected chi connectivity index (χ4v) is 2.64. The minimum atomic E-state index is -0.691. The Labute approximate surface area is 112 Å². The Hall–Kier alpha value is -1.84. The van der Waals surface area contributed by atoms with Crippen LogP contribution in [0.2, 0.25) is 0 Å². The van der Waals surface area contributed by atoms with Crippen molar-refractivity contribution in [1.29, 1.82) is 0 Å². The third-order valence-electron chi connectivity index (χ3n) is 3.64. The Morgan fingerprint density at radius 1 is 1.47 bits per heavy atom. The van der Waals surface area contributed by atoms with Gasteiger partial charge in [0.1, 0.15) is 17.5 Å². The summed E-state index contributed by atoms with van der Waals surface area (Å²) >= 11 is 0. The molecule has 0 bridgehead atoms. The number of aryl methyl sites for hydroxylation is 1. The SMILES string of the molecule is CCOC(=O)[C@H]1C(=O)CC[C@@H]1c1ccc(O)c(C)c1. The molecule has 19 heavy (non-hydrogen) atoms. The van der Waals surface area contributed by atoms with Crippen LogP contribution in [-0.4, -0.2) is 23.5 Å². The van der Waals surface area contributed by atoms with Crippen molar-refractivity contribution in [2.24, 2.45) is 5.92 Å². The van der Waals surface area contributed by atoms with Crippen LogP contribution in [-0.2, 0) is 14.3 Å². The fourth-order valence-electron chi connectivity index (χ4n) is 2.64. The molecule has 4 heteroatoms. The molecule has 1 aliphatic carbocycles. The fraction of sp³-hybridized carbons (Fsp3) is 0.467. The zero-order valence-electron chi connectivity index (χ0n) is 11.2. The van der Waals surface area contributed by atoms with Gasteiger partial charge in [0.15, 0.2) is 0 Å². The van der Waals surface area contributed by atoms with Gasteiger partial charge >= 0.3 is 5.97 Å². The van der Waals surface area contributed by atoms with E-state index < -0.39 is 11.9 Å². The van der Waals surface area contributed by atoms with E-state index in [4.69, 9.17) is 4.74 Å². The summed E-state index contributed by atoms with van der Waals surface area (Å²) in [7, 11) is 0. The van der Waals surface area contributed by atoms with Gasteiger partial charge < -0.3 is 9.84 Å². The summed E-state index contributed by atoms with van der Waals surface area (Å²) in [5.41, 5.74) is 1.67. The second-order valence-corrected chi connectivity index (χ2v) is 4.89. The summed E-state index contributed by atoms with van der Waals surface area (Å²) in [5.74, 6) is -1.08. The maximum Gasteiger partial charge on any atom is 0.317 e. The topological polar surface area (TPSA) is 63.6 Å². The highest BCUT2D eigenvalue weighted by Gasteiger charge is 2.41. The lowest BCUT2D eigenvalue weighted by Gasteiger charge is -2.18. The summed E-state index contributed by atoms with van der Waals surface area (Å²) in [5, 5.41) is 9.54. The number of ether oxygens (including phenoxy) is 1. The van der Waals surface area contributed by atoms with Crippen LogP contribution in [0.15, 0.2) is 18.2 Å². The number of rotatable bonds is 3. The molecule has 1 N–H and O–H groups in total. The molecule has 1 aromatic carbocycles. The van der Waals surface area contributed by atoms with Crippen LogP contribution in [0.1, 0.15) is 36.8 Å². The average molecular weight is 262 g/mol. The highest BCUT2D eigenvalue weighted by atomic mass is 16.5. The van der Waals surface area contributed by atoms with Gasteiger partial charge in [-0.3, -0.25) is 9.59 Å². The summed E-state index contributed by atoms with van der Waals surface area (Å²) in [6.07, 6.45) is 1.07. The first kappa shape index (κ1) is 13.6. The van der Waals surface area contributed by atoms with E-state index in [-0.39, 0.29) is 24.1 Å². The minimum absolute atomic E-state index is 0.0471. The van der Waals surface area contributed by atoms with E-state index in [0.29, 0.717) is 12.8 Å². The van der Waals surface area contributed by atoms with Crippen LogP contribution in [0.5, 0.6) is 5.75 Å². The monoisotopic (exact) mass is 262 g/mol. The minimum Gasteiger partial charge on any atom is -0.508 e. The first-order chi connectivity index (χ1) is 9.04. The molecule has 1 aromatic rings. The molecule has 0 saturated heterocycles. The number of benzene rings is 1. The Bertz CT molecular complexity index is 507. The Morgan fingerprint density at radius 3 is 2.84 bits per heavy atom. The van der Waals surface area contributed by atoms with Crippen molar-refractivity contribution in [3.05, 3.63) is 29.3 Å². The van der Waals surface area contributed by atoms with Crippen molar-refractivity contribution in [2.45, 2.75) is 32.6 Å². The molecular formula is C15H18O4. The number of Topliss-reactive ketones (excluding diaryl/α,β-unsaturated/α-hetero) is 1. The van der Waals surface area contributed by atoms with E-state index in [1.54, 1.807) is 26.0 Å². The van der Waals surface area contributed by atoms with Crippen molar-refractivity contribution in [3.8, 4) is 5.75 Å². The summed E-state index contributed by atoms with van der Waals surface area (Å²) < 4.78 is 4.99. The number of phenols is 1. The van der Waals surface area contributed by atoms with Crippen LogP contribution in [0, 0.1) is 12.8 Å². The maximum atomic E-state index is 11.9. The van der Waals surface area contributed by atoms with Gasteiger partial charge in [0.2, 0.25) is 0 Å². The van der Waals surface area contributed by atoms with E-state index in [1.165, 1.54) is 0 Å². The second-order valence-electron chi connectivity index (χ2n) is 4.89. The molecule has 4 nitrogen and oxygen atoms in total. The number of hydrogen-bond acceptors (Lipinski definition) is 4. The van der Waals surface area contributed by atoms with Crippen LogP contribution in [0.4, 0.5) is 0 Å². The molecule has 1 aliphatic rings. The zero-order valence-corrected chi connectivity index (χ0v) is 11.2. The number of esters is 1. The molecule has 0 amide bonds. The van der Waals surface area contributed by atoms with Crippen molar-refractivity contribution in [2.75, 3.05) is 6.61 Å². The lowest BCUT2D eigenvalue weighted by molar-refractivity contribution is -0.151. The maximum absolute atomic E-state index is 11.9. The molecule has 2 atom stereocenters. The first-order valence-corrected chi connectivity index (χ1v) is 6.53. The predicted octanol–water partition coefficient (Wildman–Crippen LogP) is 2.33. The van der Waals surface area contributed by atoms with Crippen molar-refractivity contribution >= 4 is 11.8 Å². The molecule has 1 fully saturated rings. The zero-order chi connectivity index (χ0) is 14.0. The summed E-state index contributed by atoms with van der Waals surface area (Å²) in [4.78, 5) is 23.8. The first-order valence-electron chi connectivity index (χ1n) is 6.53. The normalized spacial score (nSPS) is 22.5. The van der Waals surface area contributed by atoms with Crippen LogP contribution < -0.4 is 0 Å². The van der Waals surface area contributed by atoms with Gasteiger partial charge in [-0.15, -0.1) is 0 Å². The van der Waals surface area contributed by atoms with E-state index in [9.17, 15) is 14.7 Å². The Morgan fingerprint density at radius 2 is 2.21 bits per heavy atom. The molecule has 0 unspecified atom stereocenters. The quantitative estimate of drug-likeness (QED) is 0.670. The number of carbonyl (C=O) groups excluding carboxylic acids is 2. The van der Waals surface area contributed by atoms with Crippen LogP contribution >= 0.6 is 0 Å². The molecule has 102 valence electrons. The van der Waals surface area contributed by atoms with Gasteiger partial charge in [-0.1, -0.05) is 12.1 Å². The second kappa shape index (κ2) is 5.43. The van der Waals surface area contributed by atoms with Crippen LogP contribution in [0.25, 0.3) is 0 Å². The Balaban J connectivity index is 2.29. The lowest BCUT2D eigenvalue weighted by atomic mass is 9.87. The number of carbonyl (C=O) groups is 2. The largest absolute Gasteiger partial charge is 0.508 e. The van der Waals surface area contributed by atoms with Crippen LogP contribution in [0.3, 0.4) is 0 Å². The van der Waals surface area contributed by atoms with Gasteiger partial charge in [-0.05, 0) is 37.5 Å². The van der Waals surface area contributed by atoms with Gasteiger partial charge in [0.25, 0.3) is 0 Å². The highest BCUT2D eigenvalue weighted by Crippen LogP contribution is 2.39. The highest BCUT2D eigenvalue weighted by molar-refractivity contribution is 6.01. The summed E-state index contributed by atoms with van der Waals surface area (Å²) in [6, 6.07) is 5.22. The molecule has 0 radical (unpaired) electrons. The van der Waals surface area contributed by atoms with E-state index in [0.717, 1.165) is 11.1 Å². The molecule has 0 spiro atoms. The van der Waals surface area contributed by atoms with Gasteiger partial charge in [-0.2, -0.15) is 0 Å².